The van der Waals surface area contributed by atoms with E-state index in [2.05, 4.69) is 20.6 Å². The molecule has 1 aliphatic carbocycles. The summed E-state index contributed by atoms with van der Waals surface area (Å²) in [5.41, 5.74) is 1.81. The van der Waals surface area contributed by atoms with E-state index in [1.807, 2.05) is 50.1 Å². The van der Waals surface area contributed by atoms with Gasteiger partial charge in [-0.05, 0) is 63.3 Å². The standard InChI is InChI=1S/C33H51N5O6/c1-4-29(39)25-43-22-8-20-41-18-5-6-19-42-21-9-23-44-30-14-12-28(13-15-30)36-33-35-24-26(2)31(37-33)34-16-17-38(3)32(40)27-10-7-11-27/h12-15,24,27H,4-11,16-23,25H2,1-3H3,(H2,34,35,36,37). The third-order valence-corrected chi connectivity index (χ3v) is 7.42. The first-order valence-corrected chi connectivity index (χ1v) is 16.0. The van der Waals surface area contributed by atoms with E-state index in [9.17, 15) is 9.59 Å². The molecule has 11 nitrogen and oxygen atoms in total. The summed E-state index contributed by atoms with van der Waals surface area (Å²) in [7, 11) is 1.87. The van der Waals surface area contributed by atoms with Crippen molar-refractivity contribution in [3.8, 4) is 5.75 Å². The molecule has 3 rings (SSSR count). The lowest BCUT2D eigenvalue weighted by atomic mass is 9.84. The molecule has 0 aliphatic heterocycles. The van der Waals surface area contributed by atoms with Gasteiger partial charge in [0.1, 0.15) is 18.2 Å². The van der Waals surface area contributed by atoms with Crippen molar-refractivity contribution in [1.29, 1.82) is 0 Å². The number of aryl methyl sites for hydroxylation is 1. The number of nitrogens with one attached hydrogen (secondary N) is 2. The number of Topliss-reactive ketones (excluding diaryl/α,β-unsaturated/α-hetero) is 1. The topological polar surface area (TPSA) is 124 Å². The normalized spacial score (nSPS) is 12.9. The van der Waals surface area contributed by atoms with Gasteiger partial charge in [-0.2, -0.15) is 4.98 Å². The van der Waals surface area contributed by atoms with Crippen molar-refractivity contribution in [2.45, 2.75) is 65.2 Å². The number of ketones is 1. The van der Waals surface area contributed by atoms with Gasteiger partial charge in [0, 0.05) is 89.4 Å². The molecule has 0 saturated heterocycles. The van der Waals surface area contributed by atoms with Crippen LogP contribution in [-0.4, -0.2) is 92.9 Å². The smallest absolute Gasteiger partial charge is 0.229 e. The van der Waals surface area contributed by atoms with E-state index in [0.717, 1.165) is 67.8 Å². The first-order valence-electron chi connectivity index (χ1n) is 16.0. The molecule has 1 aliphatic rings. The molecule has 2 aromatic rings. The fourth-order valence-electron chi connectivity index (χ4n) is 4.38. The first kappa shape index (κ1) is 35.2. The zero-order valence-corrected chi connectivity index (χ0v) is 26.8. The van der Waals surface area contributed by atoms with E-state index < -0.39 is 0 Å². The number of amides is 1. The van der Waals surface area contributed by atoms with Crippen LogP contribution in [0, 0.1) is 12.8 Å². The molecule has 44 heavy (non-hydrogen) atoms. The lowest BCUT2D eigenvalue weighted by Gasteiger charge is -2.29. The van der Waals surface area contributed by atoms with Crippen molar-refractivity contribution in [2.75, 3.05) is 77.0 Å². The van der Waals surface area contributed by atoms with Gasteiger partial charge in [-0.15, -0.1) is 0 Å². The molecule has 1 amide bonds. The van der Waals surface area contributed by atoms with Crippen LogP contribution >= 0.6 is 0 Å². The van der Waals surface area contributed by atoms with E-state index in [1.54, 1.807) is 6.20 Å². The predicted octanol–water partition coefficient (Wildman–Crippen LogP) is 5.17. The Balaban J connectivity index is 1.21. The second-order valence-electron chi connectivity index (χ2n) is 11.1. The second kappa shape index (κ2) is 20.6. The van der Waals surface area contributed by atoms with Crippen molar-refractivity contribution < 1.29 is 28.5 Å². The van der Waals surface area contributed by atoms with Crippen molar-refractivity contribution in [3.05, 3.63) is 36.0 Å². The van der Waals surface area contributed by atoms with Crippen molar-refractivity contribution in [1.82, 2.24) is 14.9 Å². The number of anilines is 3. The van der Waals surface area contributed by atoms with Crippen LogP contribution in [0.1, 0.15) is 63.9 Å². The predicted molar refractivity (Wildman–Crippen MR) is 172 cm³/mol. The van der Waals surface area contributed by atoms with Gasteiger partial charge in [0.2, 0.25) is 11.9 Å². The van der Waals surface area contributed by atoms with Gasteiger partial charge in [-0.1, -0.05) is 13.3 Å². The third-order valence-electron chi connectivity index (χ3n) is 7.42. The summed E-state index contributed by atoms with van der Waals surface area (Å²) in [5.74, 6) is 2.63. The van der Waals surface area contributed by atoms with Crippen LogP contribution in [0.15, 0.2) is 30.5 Å². The maximum Gasteiger partial charge on any atom is 0.229 e. The Morgan fingerprint density at radius 1 is 0.932 bits per heavy atom. The number of hydrogen-bond acceptors (Lipinski definition) is 10. The Morgan fingerprint density at radius 2 is 1.59 bits per heavy atom. The Morgan fingerprint density at radius 3 is 2.25 bits per heavy atom. The Labute approximate surface area is 262 Å². The zero-order chi connectivity index (χ0) is 31.4. The fraction of sp³-hybridized carbons (Fsp3) is 0.636. The molecule has 0 spiro atoms. The minimum absolute atomic E-state index is 0.132. The van der Waals surface area contributed by atoms with Gasteiger partial charge >= 0.3 is 0 Å². The molecule has 2 N–H and O–H groups in total. The van der Waals surface area contributed by atoms with Gasteiger partial charge in [0.15, 0.2) is 5.78 Å². The second-order valence-corrected chi connectivity index (χ2v) is 11.1. The molecule has 1 aromatic carbocycles. The average molecular weight is 614 g/mol. The maximum atomic E-state index is 12.3. The molecule has 0 unspecified atom stereocenters. The molecule has 1 saturated carbocycles. The maximum absolute atomic E-state index is 12.3. The highest BCUT2D eigenvalue weighted by Gasteiger charge is 2.27. The quantitative estimate of drug-likeness (QED) is 0.153. The molecule has 11 heteroatoms. The van der Waals surface area contributed by atoms with Crippen LogP contribution in [0.2, 0.25) is 0 Å². The van der Waals surface area contributed by atoms with Gasteiger partial charge in [0.25, 0.3) is 0 Å². The summed E-state index contributed by atoms with van der Waals surface area (Å²) < 4.78 is 22.4. The number of carbonyl (C=O) groups is 2. The first-order chi connectivity index (χ1) is 21.5. The van der Waals surface area contributed by atoms with Crippen LogP contribution in [0.3, 0.4) is 0 Å². The molecule has 1 fully saturated rings. The van der Waals surface area contributed by atoms with Gasteiger partial charge in [-0.3, -0.25) is 9.59 Å². The van der Waals surface area contributed by atoms with Crippen molar-refractivity contribution in [3.63, 3.8) is 0 Å². The number of unbranched alkanes of at least 4 members (excludes halogenated alkanes) is 1. The summed E-state index contributed by atoms with van der Waals surface area (Å²) in [6, 6.07) is 7.71. The highest BCUT2D eigenvalue weighted by atomic mass is 16.5. The Kier molecular flexibility index (Phi) is 16.5. The van der Waals surface area contributed by atoms with Crippen molar-refractivity contribution in [2.24, 2.45) is 5.92 Å². The summed E-state index contributed by atoms with van der Waals surface area (Å²) in [6.07, 6.45) is 9.03. The monoisotopic (exact) mass is 613 g/mol. The van der Waals surface area contributed by atoms with Gasteiger partial charge in [0.05, 0.1) is 6.61 Å². The Bertz CT molecular complexity index is 1110. The van der Waals surface area contributed by atoms with Gasteiger partial charge in [-0.25, -0.2) is 4.98 Å². The number of nitrogens with zero attached hydrogens (tertiary/aromatic N) is 3. The molecule has 1 aromatic heterocycles. The summed E-state index contributed by atoms with van der Waals surface area (Å²) >= 11 is 0. The highest BCUT2D eigenvalue weighted by Crippen LogP contribution is 2.27. The largest absolute Gasteiger partial charge is 0.494 e. The summed E-state index contributed by atoms with van der Waals surface area (Å²) in [5, 5.41) is 6.58. The van der Waals surface area contributed by atoms with Crippen LogP contribution in [-0.2, 0) is 23.8 Å². The highest BCUT2D eigenvalue weighted by molar-refractivity contribution is 5.79. The fourth-order valence-corrected chi connectivity index (χ4v) is 4.38. The van der Waals surface area contributed by atoms with E-state index >= 15 is 0 Å². The number of carbonyl (C=O) groups excluding carboxylic acids is 2. The molecule has 0 bridgehead atoms. The number of rotatable bonds is 24. The van der Waals surface area contributed by atoms with E-state index in [-0.39, 0.29) is 24.2 Å². The lowest BCUT2D eigenvalue weighted by Crippen LogP contribution is -2.38. The molecular weight excluding hydrogens is 562 g/mol. The minimum Gasteiger partial charge on any atom is -0.494 e. The van der Waals surface area contributed by atoms with Crippen LogP contribution in [0.25, 0.3) is 0 Å². The SMILES string of the molecule is CCC(=O)COCCCOCCCCOCCCOc1ccc(Nc2ncc(C)c(NCCN(C)C(=O)C3CCC3)n2)cc1. The molecular formula is C33H51N5O6. The molecule has 244 valence electrons. The average Bonchev–Trinajstić information content (AvgIpc) is 3.00. The lowest BCUT2D eigenvalue weighted by molar-refractivity contribution is -0.136. The summed E-state index contributed by atoms with van der Waals surface area (Å²) in [4.78, 5) is 34.3. The zero-order valence-electron chi connectivity index (χ0n) is 26.8. The van der Waals surface area contributed by atoms with Crippen LogP contribution in [0.5, 0.6) is 5.75 Å². The van der Waals surface area contributed by atoms with Gasteiger partial charge < -0.3 is 34.5 Å². The number of benzene rings is 1. The minimum atomic E-state index is 0.132. The van der Waals surface area contributed by atoms with E-state index in [4.69, 9.17) is 18.9 Å². The summed E-state index contributed by atoms with van der Waals surface area (Å²) in [6.45, 7) is 9.13. The van der Waals surface area contributed by atoms with E-state index in [0.29, 0.717) is 65.1 Å². The van der Waals surface area contributed by atoms with Crippen LogP contribution < -0.4 is 15.4 Å². The van der Waals surface area contributed by atoms with Crippen LogP contribution in [0.4, 0.5) is 17.5 Å². The number of likely N-dealkylation sites (N-methyl/N-ethyl adjacent to an activating group) is 1. The number of hydrogen-bond donors (Lipinski definition) is 2. The number of aromatic nitrogens is 2. The molecule has 1 heterocycles. The number of ether oxygens (including phenoxy) is 4. The Hall–Kier alpha value is -3.28. The van der Waals surface area contributed by atoms with Crippen molar-refractivity contribution >= 4 is 29.1 Å². The molecule has 0 radical (unpaired) electrons. The third kappa shape index (κ3) is 13.6. The molecule has 0 atom stereocenters. The van der Waals surface area contributed by atoms with E-state index in [1.165, 1.54) is 0 Å².